The first-order valence-corrected chi connectivity index (χ1v) is 20.2. The summed E-state index contributed by atoms with van der Waals surface area (Å²) in [5, 5.41) is 7.56. The van der Waals surface area contributed by atoms with Gasteiger partial charge in [0.25, 0.3) is 0 Å². The Morgan fingerprint density at radius 1 is 0.351 bits per heavy atom. The Morgan fingerprint density at radius 2 is 0.965 bits per heavy atom. The van der Waals surface area contributed by atoms with Crippen LogP contribution in [0.15, 0.2) is 200 Å². The molecule has 0 bridgehead atoms. The Morgan fingerprint density at radius 3 is 1.81 bits per heavy atom. The molecule has 4 heteroatoms. The van der Waals surface area contributed by atoms with Crippen LogP contribution in [0.2, 0.25) is 0 Å². The first kappa shape index (κ1) is 32.0. The second-order valence-corrected chi connectivity index (χ2v) is 15.8. The first-order chi connectivity index (χ1) is 28.3. The average molecular weight is 744 g/mol. The van der Waals surface area contributed by atoms with Crippen LogP contribution in [0.3, 0.4) is 0 Å². The van der Waals surface area contributed by atoms with E-state index in [1.165, 1.54) is 80.7 Å². The summed E-state index contributed by atoms with van der Waals surface area (Å²) in [6.07, 6.45) is 2.02. The first-order valence-electron chi connectivity index (χ1n) is 19.4. The molecule has 0 fully saturated rings. The van der Waals surface area contributed by atoms with Crippen molar-refractivity contribution in [3.63, 3.8) is 0 Å². The lowest BCUT2D eigenvalue weighted by atomic mass is 9.98. The summed E-state index contributed by atoms with van der Waals surface area (Å²) in [6.45, 7) is 0. The molecule has 0 amide bonds. The van der Waals surface area contributed by atoms with E-state index in [1.54, 1.807) is 0 Å². The maximum absolute atomic E-state index is 5.15. The summed E-state index contributed by atoms with van der Waals surface area (Å²) in [5.41, 5.74) is 12.9. The Labute approximate surface area is 333 Å². The van der Waals surface area contributed by atoms with Crippen molar-refractivity contribution >= 4 is 75.1 Å². The third-order valence-electron chi connectivity index (χ3n) is 11.6. The zero-order valence-corrected chi connectivity index (χ0v) is 31.6. The molecule has 0 aliphatic carbocycles. The van der Waals surface area contributed by atoms with E-state index in [0.29, 0.717) is 0 Å². The van der Waals surface area contributed by atoms with Crippen LogP contribution < -0.4 is 0 Å². The number of para-hydroxylation sites is 3. The van der Waals surface area contributed by atoms with Crippen molar-refractivity contribution in [1.82, 2.24) is 14.1 Å². The monoisotopic (exact) mass is 743 g/mol. The SMILES string of the molecule is c1ccc(-n2c3ccccc3c3cc(-c4ccc5c6ccccc6n(-c6ccc(-c7cccc(-c8cccc9c8sc8ccccc89)c7)cn6)c5c4)ccc32)cc1. The number of hydrogen-bond acceptors (Lipinski definition) is 2. The molecule has 0 saturated carbocycles. The van der Waals surface area contributed by atoms with Crippen LogP contribution in [-0.4, -0.2) is 14.1 Å². The molecule has 57 heavy (non-hydrogen) atoms. The van der Waals surface area contributed by atoms with Gasteiger partial charge < -0.3 is 4.57 Å². The van der Waals surface area contributed by atoms with Gasteiger partial charge in [0.15, 0.2) is 0 Å². The van der Waals surface area contributed by atoms with Gasteiger partial charge in [-0.25, -0.2) is 4.98 Å². The van der Waals surface area contributed by atoms with Gasteiger partial charge in [0.1, 0.15) is 5.82 Å². The summed E-state index contributed by atoms with van der Waals surface area (Å²) in [7, 11) is 0. The average Bonchev–Trinajstić information content (AvgIpc) is 3.94. The van der Waals surface area contributed by atoms with Gasteiger partial charge in [0.05, 0.1) is 22.1 Å². The molecule has 12 rings (SSSR count). The maximum Gasteiger partial charge on any atom is 0.137 e. The minimum atomic E-state index is 0.898. The Balaban J connectivity index is 0.954. The molecule has 0 N–H and O–H groups in total. The zero-order chi connectivity index (χ0) is 37.5. The van der Waals surface area contributed by atoms with Crippen LogP contribution in [-0.2, 0) is 0 Å². The van der Waals surface area contributed by atoms with Crippen LogP contribution in [0, 0.1) is 0 Å². The summed E-state index contributed by atoms with van der Waals surface area (Å²) in [6, 6.07) is 70.4. The summed E-state index contributed by atoms with van der Waals surface area (Å²) in [4.78, 5) is 5.15. The predicted molar refractivity (Wildman–Crippen MR) is 242 cm³/mol. The van der Waals surface area contributed by atoms with Crippen molar-refractivity contribution in [2.45, 2.75) is 0 Å². The van der Waals surface area contributed by atoms with Gasteiger partial charge in [-0.1, -0.05) is 127 Å². The van der Waals surface area contributed by atoms with Crippen molar-refractivity contribution in [3.8, 4) is 44.9 Å². The van der Waals surface area contributed by atoms with Crippen LogP contribution >= 0.6 is 11.3 Å². The quantitative estimate of drug-likeness (QED) is 0.172. The lowest BCUT2D eigenvalue weighted by Gasteiger charge is -2.11. The highest BCUT2D eigenvalue weighted by Crippen LogP contribution is 2.41. The number of pyridine rings is 1. The number of rotatable bonds is 5. The van der Waals surface area contributed by atoms with E-state index >= 15 is 0 Å². The fraction of sp³-hybridized carbons (Fsp3) is 0. The molecular weight excluding hydrogens is 711 g/mol. The predicted octanol–water partition coefficient (Wildman–Crippen LogP) is 14.6. The van der Waals surface area contributed by atoms with E-state index in [1.807, 2.05) is 17.5 Å². The minimum absolute atomic E-state index is 0.898. The molecule has 0 atom stereocenters. The molecule has 0 aliphatic rings. The third-order valence-corrected chi connectivity index (χ3v) is 12.8. The van der Waals surface area contributed by atoms with E-state index in [-0.39, 0.29) is 0 Å². The lowest BCUT2D eigenvalue weighted by molar-refractivity contribution is 1.08. The molecule has 0 spiro atoms. The molecule has 8 aromatic carbocycles. The second kappa shape index (κ2) is 12.6. The highest BCUT2D eigenvalue weighted by molar-refractivity contribution is 7.26. The molecule has 0 saturated heterocycles. The molecule has 0 unspecified atom stereocenters. The molecule has 266 valence electrons. The Kier molecular flexibility index (Phi) is 7.10. The van der Waals surface area contributed by atoms with E-state index in [2.05, 4.69) is 203 Å². The third kappa shape index (κ3) is 5.01. The van der Waals surface area contributed by atoms with Crippen molar-refractivity contribution in [2.75, 3.05) is 0 Å². The van der Waals surface area contributed by atoms with Gasteiger partial charge in [-0.3, -0.25) is 4.57 Å². The van der Waals surface area contributed by atoms with E-state index in [0.717, 1.165) is 28.0 Å². The highest BCUT2D eigenvalue weighted by Gasteiger charge is 2.17. The van der Waals surface area contributed by atoms with Gasteiger partial charge in [0, 0.05) is 59.2 Å². The van der Waals surface area contributed by atoms with Crippen molar-refractivity contribution in [1.29, 1.82) is 0 Å². The van der Waals surface area contributed by atoms with Gasteiger partial charge in [-0.15, -0.1) is 11.3 Å². The zero-order valence-electron chi connectivity index (χ0n) is 30.8. The van der Waals surface area contributed by atoms with Crippen molar-refractivity contribution in [3.05, 3.63) is 200 Å². The molecule has 4 heterocycles. The second-order valence-electron chi connectivity index (χ2n) is 14.8. The van der Waals surface area contributed by atoms with E-state index in [4.69, 9.17) is 4.98 Å². The van der Waals surface area contributed by atoms with Gasteiger partial charge in [-0.05, 0) is 94.5 Å². The molecular formula is C53H33N3S. The molecule has 0 radical (unpaired) electrons. The molecule has 12 aromatic rings. The van der Waals surface area contributed by atoms with Gasteiger partial charge in [-0.2, -0.15) is 0 Å². The van der Waals surface area contributed by atoms with Crippen molar-refractivity contribution < 1.29 is 0 Å². The number of aromatic nitrogens is 3. The summed E-state index contributed by atoms with van der Waals surface area (Å²) >= 11 is 1.87. The molecule has 0 aliphatic heterocycles. The molecule has 4 aromatic heterocycles. The number of fused-ring (bicyclic) bond motifs is 9. The number of thiophene rings is 1. The number of nitrogens with zero attached hydrogens (tertiary/aromatic N) is 3. The standard InChI is InChI=1S/C53H33N3S/c1-2-14-39(15-3-1)55-47-21-7-5-17-42(47)46-31-35(25-28-49(46)55)36-24-27-43-41-16-4-8-22-48(41)56(50(43)32-36)52-29-26-38(33-54-52)34-12-10-13-37(30-34)40-19-11-20-45-44-18-6-9-23-51(44)57-53(40)45/h1-33H. The van der Waals surface area contributed by atoms with Crippen LogP contribution in [0.1, 0.15) is 0 Å². The van der Waals surface area contributed by atoms with Gasteiger partial charge >= 0.3 is 0 Å². The minimum Gasteiger partial charge on any atom is -0.309 e. The molecule has 3 nitrogen and oxygen atoms in total. The Hall–Kier alpha value is -7.27. The summed E-state index contributed by atoms with van der Waals surface area (Å²) in [5.74, 6) is 0.898. The summed E-state index contributed by atoms with van der Waals surface area (Å²) < 4.78 is 7.33. The fourth-order valence-corrected chi connectivity index (χ4v) is 10.2. The van der Waals surface area contributed by atoms with Gasteiger partial charge in [0.2, 0.25) is 0 Å². The van der Waals surface area contributed by atoms with Crippen LogP contribution in [0.5, 0.6) is 0 Å². The normalized spacial score (nSPS) is 11.9. The maximum atomic E-state index is 5.15. The fourth-order valence-electron chi connectivity index (χ4n) is 8.93. The highest BCUT2D eigenvalue weighted by atomic mass is 32.1. The smallest absolute Gasteiger partial charge is 0.137 e. The van der Waals surface area contributed by atoms with E-state index in [9.17, 15) is 0 Å². The van der Waals surface area contributed by atoms with Crippen molar-refractivity contribution in [2.24, 2.45) is 0 Å². The Bertz CT molecular complexity index is 3510. The topological polar surface area (TPSA) is 22.8 Å². The lowest BCUT2D eigenvalue weighted by Crippen LogP contribution is -1.97. The van der Waals surface area contributed by atoms with E-state index < -0.39 is 0 Å². The van der Waals surface area contributed by atoms with Crippen LogP contribution in [0.25, 0.3) is 109 Å². The van der Waals surface area contributed by atoms with Crippen LogP contribution in [0.4, 0.5) is 0 Å². The number of benzene rings is 8. The largest absolute Gasteiger partial charge is 0.309 e. The number of hydrogen-bond donors (Lipinski definition) is 0.